The van der Waals surface area contributed by atoms with Crippen molar-refractivity contribution in [2.45, 2.75) is 0 Å². The van der Waals surface area contributed by atoms with Crippen molar-refractivity contribution in [3.8, 4) is 40.3 Å². The first-order valence-electron chi connectivity index (χ1n) is 18.3. The lowest BCUT2D eigenvalue weighted by Crippen LogP contribution is -2.03. The third-order valence-electron chi connectivity index (χ3n) is 11.1. The zero-order valence-corrected chi connectivity index (χ0v) is 29.5. The van der Waals surface area contributed by atoms with Crippen LogP contribution >= 0.6 is 0 Å². The largest absolute Gasteiger partial charge is 0.309 e. The van der Waals surface area contributed by atoms with Gasteiger partial charge in [0.25, 0.3) is 0 Å². The molecule has 0 bridgehead atoms. The molecule has 0 amide bonds. The molecule has 0 aliphatic rings. The third-order valence-corrected chi connectivity index (χ3v) is 11.1. The summed E-state index contributed by atoms with van der Waals surface area (Å²) in [6, 6.07) is 65.9. The van der Waals surface area contributed by atoms with Gasteiger partial charge >= 0.3 is 0 Å². The third kappa shape index (κ3) is 4.39. The minimum absolute atomic E-state index is 0.580. The molecule has 0 aliphatic heterocycles. The molecule has 0 saturated carbocycles. The molecule has 0 atom stereocenters. The second kappa shape index (κ2) is 11.8. The first-order valence-corrected chi connectivity index (χ1v) is 18.3. The van der Waals surface area contributed by atoms with Gasteiger partial charge in [0.05, 0.1) is 67.4 Å². The van der Waals surface area contributed by atoms with E-state index in [0.29, 0.717) is 11.1 Å². The van der Waals surface area contributed by atoms with Crippen LogP contribution in [-0.2, 0) is 0 Å². The van der Waals surface area contributed by atoms with E-state index in [0.717, 1.165) is 82.8 Å². The molecule has 0 radical (unpaired) electrons. The van der Waals surface area contributed by atoms with Crippen LogP contribution in [0.2, 0.25) is 0 Å². The minimum atomic E-state index is 0.580. The average Bonchev–Trinajstić information content (AvgIpc) is 3.89. The van der Waals surface area contributed by atoms with Crippen molar-refractivity contribution in [1.29, 1.82) is 10.5 Å². The highest BCUT2D eigenvalue weighted by Crippen LogP contribution is 2.42. The molecule has 5 nitrogen and oxygen atoms in total. The summed E-state index contributed by atoms with van der Waals surface area (Å²) in [5, 5.41) is 27.5. The van der Waals surface area contributed by atoms with Gasteiger partial charge in [-0.15, -0.1) is 0 Å². The predicted molar refractivity (Wildman–Crippen MR) is 224 cm³/mol. The van der Waals surface area contributed by atoms with Gasteiger partial charge in [0, 0.05) is 37.9 Å². The molecule has 254 valence electrons. The lowest BCUT2D eigenvalue weighted by atomic mass is 10.00. The Hall–Kier alpha value is -7.86. The second-order valence-electron chi connectivity index (χ2n) is 14.0. The van der Waals surface area contributed by atoms with Crippen LogP contribution < -0.4 is 0 Å². The van der Waals surface area contributed by atoms with Crippen molar-refractivity contribution >= 4 is 65.4 Å². The van der Waals surface area contributed by atoms with Crippen LogP contribution in [0.3, 0.4) is 0 Å². The summed E-state index contributed by atoms with van der Waals surface area (Å²) >= 11 is 0. The van der Waals surface area contributed by atoms with Gasteiger partial charge in [-0.1, -0.05) is 115 Å². The van der Waals surface area contributed by atoms with E-state index in [1.165, 1.54) is 10.8 Å². The summed E-state index contributed by atoms with van der Waals surface area (Å²) < 4.78 is 6.92. The Morgan fingerprint density at radius 2 is 0.855 bits per heavy atom. The Bertz CT molecular complexity index is 3420. The van der Waals surface area contributed by atoms with Gasteiger partial charge in [0.15, 0.2) is 0 Å². The number of nitriles is 2. The Balaban J connectivity index is 1.22. The van der Waals surface area contributed by atoms with Gasteiger partial charge in [-0.3, -0.25) is 0 Å². The fraction of sp³-hybridized carbons (Fsp3) is 0. The number of hydrogen-bond acceptors (Lipinski definition) is 2. The first-order chi connectivity index (χ1) is 27.2. The Morgan fingerprint density at radius 1 is 0.345 bits per heavy atom. The number of benzene rings is 8. The van der Waals surface area contributed by atoms with E-state index < -0.39 is 0 Å². The number of hydrogen-bond donors (Lipinski definition) is 0. The quantitative estimate of drug-likeness (QED) is 0.184. The second-order valence-corrected chi connectivity index (χ2v) is 14.0. The summed E-state index contributed by atoms with van der Waals surface area (Å²) in [6.45, 7) is 0. The standard InChI is InChI=1S/C50H29N5/c51-30-32-24-27-40-38-15-4-9-21-45(38)54(49(40)28-32)42-18-6-1-12-35(42)33-25-26-34(31-52)48(29-33)55-46-22-10-5-16-39(46)41-17-11-23-47(50(41)55)53-43-19-7-2-13-36(43)37-14-3-8-20-44(37)53/h1-29H. The maximum Gasteiger partial charge on any atom is 0.101 e. The van der Waals surface area contributed by atoms with E-state index in [2.05, 4.69) is 177 Å². The van der Waals surface area contributed by atoms with Gasteiger partial charge in [-0.2, -0.15) is 10.5 Å². The lowest BCUT2D eigenvalue weighted by Gasteiger charge is -2.18. The van der Waals surface area contributed by atoms with Crippen LogP contribution in [0.5, 0.6) is 0 Å². The SMILES string of the molecule is N#Cc1ccc2c3ccccc3n(-c3ccccc3-c3ccc(C#N)c(-n4c5ccccc5c5cccc(-n6c7ccccc7c7ccccc76)c54)c3)c2c1. The van der Waals surface area contributed by atoms with Crippen molar-refractivity contribution in [3.05, 3.63) is 187 Å². The fourth-order valence-corrected chi connectivity index (χ4v) is 8.80. The highest BCUT2D eigenvalue weighted by Gasteiger charge is 2.22. The van der Waals surface area contributed by atoms with Crippen LogP contribution in [0.4, 0.5) is 0 Å². The van der Waals surface area contributed by atoms with Crippen molar-refractivity contribution in [2.75, 3.05) is 0 Å². The van der Waals surface area contributed by atoms with Gasteiger partial charge in [-0.25, -0.2) is 0 Å². The van der Waals surface area contributed by atoms with Crippen molar-refractivity contribution in [1.82, 2.24) is 13.7 Å². The highest BCUT2D eigenvalue weighted by atomic mass is 15.1. The fourth-order valence-electron chi connectivity index (χ4n) is 8.80. The molecule has 3 heterocycles. The summed E-state index contributed by atoms with van der Waals surface area (Å²) in [5.41, 5.74) is 12.4. The molecule has 0 aliphatic carbocycles. The molecule has 0 saturated heterocycles. The van der Waals surface area contributed by atoms with Gasteiger partial charge < -0.3 is 13.7 Å². The molecular weight excluding hydrogens is 671 g/mol. The van der Waals surface area contributed by atoms with Crippen molar-refractivity contribution in [3.63, 3.8) is 0 Å². The van der Waals surface area contributed by atoms with E-state index in [4.69, 9.17) is 0 Å². The first kappa shape index (κ1) is 30.7. The molecule has 8 aromatic carbocycles. The molecule has 3 aromatic heterocycles. The van der Waals surface area contributed by atoms with Crippen LogP contribution in [-0.4, -0.2) is 13.7 Å². The molecule has 0 spiro atoms. The zero-order valence-electron chi connectivity index (χ0n) is 29.5. The summed E-state index contributed by atoms with van der Waals surface area (Å²) in [7, 11) is 0. The molecule has 0 N–H and O–H groups in total. The van der Waals surface area contributed by atoms with Crippen LogP contribution in [0.1, 0.15) is 11.1 Å². The van der Waals surface area contributed by atoms with Gasteiger partial charge in [0.2, 0.25) is 0 Å². The normalized spacial score (nSPS) is 11.6. The molecule has 11 aromatic rings. The molecule has 5 heteroatoms. The Labute approximate surface area is 316 Å². The molecule has 0 fully saturated rings. The summed E-state index contributed by atoms with van der Waals surface area (Å²) in [5.74, 6) is 0. The van der Waals surface area contributed by atoms with E-state index in [1.807, 2.05) is 24.3 Å². The maximum atomic E-state index is 10.8. The van der Waals surface area contributed by atoms with Crippen LogP contribution in [0.25, 0.3) is 93.6 Å². The average molecular weight is 700 g/mol. The lowest BCUT2D eigenvalue weighted by molar-refractivity contribution is 1.12. The predicted octanol–water partition coefficient (Wildman–Crippen LogP) is 12.4. The summed E-state index contributed by atoms with van der Waals surface area (Å²) in [6.07, 6.45) is 0. The molecule has 0 unspecified atom stereocenters. The van der Waals surface area contributed by atoms with Crippen LogP contribution in [0.15, 0.2) is 176 Å². The molecular formula is C50H29N5. The maximum absolute atomic E-state index is 10.8. The minimum Gasteiger partial charge on any atom is -0.309 e. The number of rotatable bonds is 4. The van der Waals surface area contributed by atoms with E-state index >= 15 is 0 Å². The zero-order chi connectivity index (χ0) is 36.6. The number of para-hydroxylation sites is 6. The Kier molecular flexibility index (Phi) is 6.61. The van der Waals surface area contributed by atoms with E-state index in [1.54, 1.807) is 0 Å². The topological polar surface area (TPSA) is 62.4 Å². The van der Waals surface area contributed by atoms with Gasteiger partial charge in [0.1, 0.15) is 6.07 Å². The van der Waals surface area contributed by atoms with E-state index in [9.17, 15) is 10.5 Å². The van der Waals surface area contributed by atoms with Crippen molar-refractivity contribution in [2.24, 2.45) is 0 Å². The summed E-state index contributed by atoms with van der Waals surface area (Å²) in [4.78, 5) is 0. The number of fused-ring (bicyclic) bond motifs is 9. The molecule has 55 heavy (non-hydrogen) atoms. The van der Waals surface area contributed by atoms with Crippen molar-refractivity contribution < 1.29 is 0 Å². The monoisotopic (exact) mass is 699 g/mol. The number of aromatic nitrogens is 3. The molecule has 11 rings (SSSR count). The smallest absolute Gasteiger partial charge is 0.101 e. The van der Waals surface area contributed by atoms with E-state index in [-0.39, 0.29) is 0 Å². The van der Waals surface area contributed by atoms with Crippen LogP contribution in [0, 0.1) is 22.7 Å². The highest BCUT2D eigenvalue weighted by molar-refractivity contribution is 6.15. The van der Waals surface area contributed by atoms with Gasteiger partial charge in [-0.05, 0) is 66.2 Å². The Morgan fingerprint density at radius 3 is 1.49 bits per heavy atom. The number of nitrogens with zero attached hydrogens (tertiary/aromatic N) is 5.